The van der Waals surface area contributed by atoms with E-state index in [-0.39, 0.29) is 12.5 Å². The summed E-state index contributed by atoms with van der Waals surface area (Å²) < 4.78 is 4.72. The van der Waals surface area contributed by atoms with Crippen LogP contribution in [-0.4, -0.2) is 36.7 Å². The number of carboxylic acid groups (broad SMARTS) is 1. The first-order chi connectivity index (χ1) is 9.93. The Labute approximate surface area is 124 Å². The Morgan fingerprint density at radius 1 is 1.29 bits per heavy atom. The van der Waals surface area contributed by atoms with Gasteiger partial charge in [-0.1, -0.05) is 38.1 Å². The number of benzene rings is 1. The standard InChI is InChI=1S/C16H21NO4/c1-11(2)13-7-4-12(5-8-13)6-9-15(18)17-10-14(21-3)16(19)20/h4-9,11,14H,10H2,1-3H3,(H,17,18)(H,19,20)/b9-6+. The van der Waals surface area contributed by atoms with E-state index in [0.29, 0.717) is 5.92 Å². The van der Waals surface area contributed by atoms with Crippen molar-refractivity contribution in [3.63, 3.8) is 0 Å². The van der Waals surface area contributed by atoms with E-state index in [2.05, 4.69) is 19.2 Å². The van der Waals surface area contributed by atoms with E-state index < -0.39 is 12.1 Å². The average molecular weight is 291 g/mol. The number of carbonyl (C=O) groups excluding carboxylic acids is 1. The molecule has 5 heteroatoms. The third-order valence-corrected chi connectivity index (χ3v) is 3.05. The van der Waals surface area contributed by atoms with Gasteiger partial charge in [0, 0.05) is 13.2 Å². The Kier molecular flexibility index (Phi) is 6.62. The van der Waals surface area contributed by atoms with Crippen molar-refractivity contribution in [2.45, 2.75) is 25.9 Å². The van der Waals surface area contributed by atoms with Gasteiger partial charge in [-0.2, -0.15) is 0 Å². The number of aliphatic carboxylic acids is 1. The summed E-state index contributed by atoms with van der Waals surface area (Å²) in [6.07, 6.45) is 2.02. The van der Waals surface area contributed by atoms with Crippen molar-refractivity contribution < 1.29 is 19.4 Å². The summed E-state index contributed by atoms with van der Waals surface area (Å²) in [7, 11) is 1.29. The van der Waals surface area contributed by atoms with Crippen LogP contribution in [0.4, 0.5) is 0 Å². The van der Waals surface area contributed by atoms with Crippen LogP contribution in [0.3, 0.4) is 0 Å². The van der Waals surface area contributed by atoms with Crippen LogP contribution in [0.5, 0.6) is 0 Å². The number of amides is 1. The maximum atomic E-state index is 11.6. The molecule has 0 bridgehead atoms. The normalized spacial score (nSPS) is 12.6. The van der Waals surface area contributed by atoms with Gasteiger partial charge in [0.15, 0.2) is 6.10 Å². The van der Waals surface area contributed by atoms with E-state index in [0.717, 1.165) is 5.56 Å². The zero-order valence-corrected chi connectivity index (χ0v) is 12.5. The highest BCUT2D eigenvalue weighted by Gasteiger charge is 2.16. The molecule has 0 heterocycles. The van der Waals surface area contributed by atoms with Crippen LogP contribution in [0.15, 0.2) is 30.3 Å². The first-order valence-corrected chi connectivity index (χ1v) is 6.75. The van der Waals surface area contributed by atoms with Crippen molar-refractivity contribution in [3.8, 4) is 0 Å². The summed E-state index contributed by atoms with van der Waals surface area (Å²) in [5.41, 5.74) is 2.15. The number of carbonyl (C=O) groups is 2. The number of carboxylic acids is 1. The lowest BCUT2D eigenvalue weighted by Crippen LogP contribution is -2.37. The van der Waals surface area contributed by atoms with E-state index in [1.54, 1.807) is 6.08 Å². The molecule has 0 saturated heterocycles. The van der Waals surface area contributed by atoms with Gasteiger partial charge in [0.2, 0.25) is 5.91 Å². The second kappa shape index (κ2) is 8.21. The molecule has 2 N–H and O–H groups in total. The van der Waals surface area contributed by atoms with Crippen LogP contribution >= 0.6 is 0 Å². The van der Waals surface area contributed by atoms with E-state index in [1.165, 1.54) is 18.7 Å². The van der Waals surface area contributed by atoms with E-state index >= 15 is 0 Å². The number of hydrogen-bond donors (Lipinski definition) is 2. The molecule has 114 valence electrons. The molecule has 1 rings (SSSR count). The van der Waals surface area contributed by atoms with Crippen molar-refractivity contribution in [2.24, 2.45) is 0 Å². The van der Waals surface area contributed by atoms with Gasteiger partial charge in [-0.25, -0.2) is 4.79 Å². The molecule has 21 heavy (non-hydrogen) atoms. The zero-order chi connectivity index (χ0) is 15.8. The fourth-order valence-corrected chi connectivity index (χ4v) is 1.69. The first kappa shape index (κ1) is 16.9. The van der Waals surface area contributed by atoms with Gasteiger partial charge >= 0.3 is 5.97 Å². The molecule has 0 aliphatic carbocycles. The molecule has 0 radical (unpaired) electrons. The third kappa shape index (κ3) is 5.79. The van der Waals surface area contributed by atoms with Crippen LogP contribution in [-0.2, 0) is 14.3 Å². The Balaban J connectivity index is 2.52. The minimum absolute atomic E-state index is 0.0682. The van der Waals surface area contributed by atoms with Gasteiger partial charge in [-0.3, -0.25) is 4.79 Å². The van der Waals surface area contributed by atoms with Crippen LogP contribution in [0.2, 0.25) is 0 Å². The van der Waals surface area contributed by atoms with Gasteiger partial charge in [0.05, 0.1) is 6.54 Å². The molecule has 5 nitrogen and oxygen atoms in total. The fourth-order valence-electron chi connectivity index (χ4n) is 1.69. The smallest absolute Gasteiger partial charge is 0.334 e. The molecule has 0 aliphatic heterocycles. The molecule has 0 fully saturated rings. The Morgan fingerprint density at radius 3 is 2.38 bits per heavy atom. The van der Waals surface area contributed by atoms with E-state index in [9.17, 15) is 9.59 Å². The Hall–Kier alpha value is -2.14. The summed E-state index contributed by atoms with van der Waals surface area (Å²) >= 11 is 0. The Bertz CT molecular complexity index is 506. The van der Waals surface area contributed by atoms with Gasteiger partial charge in [-0.15, -0.1) is 0 Å². The monoisotopic (exact) mass is 291 g/mol. The number of ether oxygens (including phenoxy) is 1. The predicted molar refractivity (Wildman–Crippen MR) is 81.0 cm³/mol. The minimum Gasteiger partial charge on any atom is -0.479 e. The lowest BCUT2D eigenvalue weighted by Gasteiger charge is -2.10. The van der Waals surface area contributed by atoms with Gasteiger partial charge in [-0.05, 0) is 23.1 Å². The van der Waals surface area contributed by atoms with E-state index in [4.69, 9.17) is 9.84 Å². The number of methoxy groups -OCH3 is 1. The molecule has 0 aliphatic rings. The van der Waals surface area contributed by atoms with Crippen LogP contribution in [0, 0.1) is 0 Å². The highest BCUT2D eigenvalue weighted by molar-refractivity contribution is 5.92. The van der Waals surface area contributed by atoms with Gasteiger partial charge in [0.25, 0.3) is 0 Å². The molecule has 0 saturated carbocycles. The van der Waals surface area contributed by atoms with Crippen molar-refractivity contribution in [1.29, 1.82) is 0 Å². The largest absolute Gasteiger partial charge is 0.479 e. The van der Waals surface area contributed by atoms with Crippen LogP contribution in [0.25, 0.3) is 6.08 Å². The van der Waals surface area contributed by atoms with Crippen molar-refractivity contribution >= 4 is 18.0 Å². The third-order valence-electron chi connectivity index (χ3n) is 3.05. The van der Waals surface area contributed by atoms with Crippen molar-refractivity contribution in [3.05, 3.63) is 41.5 Å². The minimum atomic E-state index is -1.11. The Morgan fingerprint density at radius 2 is 1.90 bits per heavy atom. The second-order valence-electron chi connectivity index (χ2n) is 4.96. The SMILES string of the molecule is COC(CNC(=O)/C=C/c1ccc(C(C)C)cc1)C(=O)O. The molecule has 0 spiro atoms. The highest BCUT2D eigenvalue weighted by Crippen LogP contribution is 2.15. The topological polar surface area (TPSA) is 75.6 Å². The van der Waals surface area contributed by atoms with Crippen molar-refractivity contribution in [1.82, 2.24) is 5.32 Å². The molecular weight excluding hydrogens is 270 g/mol. The summed E-state index contributed by atoms with van der Waals surface area (Å²) in [5.74, 6) is -0.995. The highest BCUT2D eigenvalue weighted by atomic mass is 16.5. The lowest BCUT2D eigenvalue weighted by atomic mass is 10.0. The van der Waals surface area contributed by atoms with Gasteiger partial charge in [0.1, 0.15) is 0 Å². The fraction of sp³-hybridized carbons (Fsp3) is 0.375. The average Bonchev–Trinajstić information content (AvgIpc) is 2.45. The summed E-state index contributed by atoms with van der Waals surface area (Å²) in [6.45, 7) is 4.17. The first-order valence-electron chi connectivity index (χ1n) is 6.75. The summed E-state index contributed by atoms with van der Waals surface area (Å²) in [5, 5.41) is 11.3. The lowest BCUT2D eigenvalue weighted by molar-refractivity contribution is -0.148. The van der Waals surface area contributed by atoms with E-state index in [1.807, 2.05) is 24.3 Å². The van der Waals surface area contributed by atoms with Crippen LogP contribution < -0.4 is 5.32 Å². The number of rotatable bonds is 7. The molecule has 1 amide bonds. The summed E-state index contributed by atoms with van der Waals surface area (Å²) in [6, 6.07) is 7.92. The molecule has 1 unspecified atom stereocenters. The maximum Gasteiger partial charge on any atom is 0.334 e. The van der Waals surface area contributed by atoms with Crippen LogP contribution in [0.1, 0.15) is 30.9 Å². The maximum absolute atomic E-state index is 11.6. The zero-order valence-electron chi connectivity index (χ0n) is 12.5. The van der Waals surface area contributed by atoms with Crippen molar-refractivity contribution in [2.75, 3.05) is 13.7 Å². The predicted octanol–water partition coefficient (Wildman–Crippen LogP) is 2.04. The number of nitrogens with one attached hydrogen (secondary N) is 1. The molecule has 1 atom stereocenters. The number of hydrogen-bond acceptors (Lipinski definition) is 3. The molecular formula is C16H21NO4. The van der Waals surface area contributed by atoms with Gasteiger partial charge < -0.3 is 15.2 Å². The summed E-state index contributed by atoms with van der Waals surface area (Å²) in [4.78, 5) is 22.3. The second-order valence-corrected chi connectivity index (χ2v) is 4.96. The quantitative estimate of drug-likeness (QED) is 0.754. The molecule has 1 aromatic carbocycles. The molecule has 1 aromatic rings. The molecule has 0 aromatic heterocycles.